The maximum absolute atomic E-state index is 12.2. The minimum Gasteiger partial charge on any atom is -0.351 e. The Morgan fingerprint density at radius 2 is 1.89 bits per heavy atom. The van der Waals surface area contributed by atoms with Crippen molar-refractivity contribution < 1.29 is 4.79 Å². The molecule has 28 heavy (non-hydrogen) atoms. The van der Waals surface area contributed by atoms with E-state index in [1.165, 1.54) is 17.3 Å². The molecule has 1 amide bonds. The molecule has 1 heterocycles. The lowest BCUT2D eigenvalue weighted by Gasteiger charge is -2.08. The SMILES string of the molecule is C=CCn1c(SCC(=O)NCc2ccc(C)cc2)nnc1-c1ccc(Cl)cc1. The number of rotatable bonds is 8. The maximum Gasteiger partial charge on any atom is 0.230 e. The van der Waals surface area contributed by atoms with Gasteiger partial charge in [0.15, 0.2) is 11.0 Å². The highest BCUT2D eigenvalue weighted by Crippen LogP contribution is 2.25. The van der Waals surface area contributed by atoms with Gasteiger partial charge in [-0.2, -0.15) is 0 Å². The van der Waals surface area contributed by atoms with Crippen LogP contribution in [0.1, 0.15) is 11.1 Å². The van der Waals surface area contributed by atoms with E-state index in [9.17, 15) is 4.79 Å². The summed E-state index contributed by atoms with van der Waals surface area (Å²) in [7, 11) is 0. The van der Waals surface area contributed by atoms with Crippen molar-refractivity contribution in [1.82, 2.24) is 20.1 Å². The molecule has 3 rings (SSSR count). The molecular weight excluding hydrogens is 392 g/mol. The topological polar surface area (TPSA) is 59.8 Å². The fourth-order valence-corrected chi connectivity index (χ4v) is 3.49. The molecule has 7 heteroatoms. The van der Waals surface area contributed by atoms with Crippen LogP contribution in [0.4, 0.5) is 0 Å². The molecule has 0 spiro atoms. The number of nitrogens with zero attached hydrogens (tertiary/aromatic N) is 3. The fraction of sp³-hybridized carbons (Fsp3) is 0.190. The Bertz CT molecular complexity index is 952. The Labute approximate surface area is 173 Å². The number of benzene rings is 2. The first-order valence-electron chi connectivity index (χ1n) is 8.82. The Kier molecular flexibility index (Phi) is 6.90. The van der Waals surface area contributed by atoms with Crippen molar-refractivity contribution in [3.63, 3.8) is 0 Å². The summed E-state index contributed by atoms with van der Waals surface area (Å²) in [6, 6.07) is 15.5. The van der Waals surface area contributed by atoms with Crippen LogP contribution in [-0.2, 0) is 17.9 Å². The van der Waals surface area contributed by atoms with Gasteiger partial charge < -0.3 is 5.32 Å². The first-order chi connectivity index (χ1) is 13.6. The highest BCUT2D eigenvalue weighted by atomic mass is 35.5. The zero-order chi connectivity index (χ0) is 19.9. The molecule has 0 bridgehead atoms. The smallest absolute Gasteiger partial charge is 0.230 e. The van der Waals surface area contributed by atoms with Crippen LogP contribution in [-0.4, -0.2) is 26.4 Å². The van der Waals surface area contributed by atoms with E-state index < -0.39 is 0 Å². The Morgan fingerprint density at radius 3 is 2.57 bits per heavy atom. The van der Waals surface area contributed by atoms with Crippen LogP contribution in [0.5, 0.6) is 0 Å². The van der Waals surface area contributed by atoms with Crippen LogP contribution >= 0.6 is 23.4 Å². The summed E-state index contributed by atoms with van der Waals surface area (Å²) in [5.41, 5.74) is 3.18. The van der Waals surface area contributed by atoms with Crippen LogP contribution in [0.3, 0.4) is 0 Å². The van der Waals surface area contributed by atoms with E-state index in [2.05, 4.69) is 22.1 Å². The number of hydrogen-bond donors (Lipinski definition) is 1. The lowest BCUT2D eigenvalue weighted by molar-refractivity contribution is -0.118. The maximum atomic E-state index is 12.2. The molecule has 0 unspecified atom stereocenters. The normalized spacial score (nSPS) is 10.6. The monoisotopic (exact) mass is 412 g/mol. The van der Waals surface area contributed by atoms with Crippen molar-refractivity contribution in [3.05, 3.63) is 77.3 Å². The third-order valence-corrected chi connectivity index (χ3v) is 5.29. The number of thioether (sulfide) groups is 1. The number of allylic oxidation sites excluding steroid dienone is 1. The first kappa shape index (κ1) is 20.2. The van der Waals surface area contributed by atoms with Crippen molar-refractivity contribution in [3.8, 4) is 11.4 Å². The van der Waals surface area contributed by atoms with Gasteiger partial charge in [0, 0.05) is 23.7 Å². The number of aryl methyl sites for hydroxylation is 1. The van der Waals surface area contributed by atoms with Crippen molar-refractivity contribution in [2.75, 3.05) is 5.75 Å². The molecule has 0 saturated carbocycles. The summed E-state index contributed by atoms with van der Waals surface area (Å²) in [4.78, 5) is 12.2. The lowest BCUT2D eigenvalue weighted by Crippen LogP contribution is -2.24. The van der Waals surface area contributed by atoms with Gasteiger partial charge in [-0.05, 0) is 36.8 Å². The van der Waals surface area contributed by atoms with Crippen molar-refractivity contribution in [2.45, 2.75) is 25.2 Å². The minimum absolute atomic E-state index is 0.0493. The molecule has 0 saturated heterocycles. The predicted octanol–water partition coefficient (Wildman–Crippen LogP) is 4.50. The number of carbonyl (C=O) groups is 1. The number of aromatic nitrogens is 3. The van der Waals surface area contributed by atoms with Gasteiger partial charge >= 0.3 is 0 Å². The van der Waals surface area contributed by atoms with Gasteiger partial charge in [0.1, 0.15) is 0 Å². The summed E-state index contributed by atoms with van der Waals surface area (Å²) in [5, 5.41) is 12.8. The molecule has 0 aliphatic carbocycles. The van der Waals surface area contributed by atoms with Crippen LogP contribution in [0, 0.1) is 6.92 Å². The van der Waals surface area contributed by atoms with Gasteiger partial charge in [-0.15, -0.1) is 16.8 Å². The van der Waals surface area contributed by atoms with Crippen molar-refractivity contribution in [2.24, 2.45) is 0 Å². The number of hydrogen-bond acceptors (Lipinski definition) is 4. The molecule has 0 radical (unpaired) electrons. The van der Waals surface area contributed by atoms with Crippen LogP contribution in [0.2, 0.25) is 5.02 Å². The van der Waals surface area contributed by atoms with Gasteiger partial charge in [-0.25, -0.2) is 0 Å². The molecule has 0 aliphatic rings. The lowest BCUT2D eigenvalue weighted by atomic mass is 10.1. The molecule has 2 aromatic carbocycles. The molecule has 0 atom stereocenters. The molecule has 3 aromatic rings. The van der Waals surface area contributed by atoms with Crippen LogP contribution in [0.15, 0.2) is 66.3 Å². The average Bonchev–Trinajstić information content (AvgIpc) is 3.09. The summed E-state index contributed by atoms with van der Waals surface area (Å²) < 4.78 is 1.94. The number of nitrogens with one attached hydrogen (secondary N) is 1. The van der Waals surface area contributed by atoms with E-state index in [1.807, 2.05) is 60.0 Å². The Hall–Kier alpha value is -2.57. The molecular formula is C21H21ClN4OS. The second-order valence-corrected chi connectivity index (χ2v) is 7.64. The number of carbonyl (C=O) groups excluding carboxylic acids is 1. The molecule has 144 valence electrons. The fourth-order valence-electron chi connectivity index (χ4n) is 2.59. The van der Waals surface area contributed by atoms with Crippen molar-refractivity contribution >= 4 is 29.3 Å². The van der Waals surface area contributed by atoms with E-state index in [0.717, 1.165) is 17.0 Å². The number of halogens is 1. The number of amides is 1. The third kappa shape index (κ3) is 5.24. The minimum atomic E-state index is -0.0493. The molecule has 1 N–H and O–H groups in total. The summed E-state index contributed by atoms with van der Waals surface area (Å²) >= 11 is 7.32. The van der Waals surface area contributed by atoms with Gasteiger partial charge in [0.2, 0.25) is 5.91 Å². The third-order valence-electron chi connectivity index (χ3n) is 4.07. The summed E-state index contributed by atoms with van der Waals surface area (Å²) in [6.45, 7) is 6.91. The molecule has 0 fully saturated rings. The quantitative estimate of drug-likeness (QED) is 0.437. The zero-order valence-corrected chi connectivity index (χ0v) is 17.1. The van der Waals surface area contributed by atoms with Gasteiger partial charge in [-0.3, -0.25) is 9.36 Å². The van der Waals surface area contributed by atoms with E-state index in [0.29, 0.717) is 23.3 Å². The second kappa shape index (κ2) is 9.57. The molecule has 1 aromatic heterocycles. The zero-order valence-electron chi connectivity index (χ0n) is 15.6. The van der Waals surface area contributed by atoms with Gasteiger partial charge in [0.05, 0.1) is 5.75 Å². The molecule has 0 aliphatic heterocycles. The Morgan fingerprint density at radius 1 is 1.18 bits per heavy atom. The largest absolute Gasteiger partial charge is 0.351 e. The van der Waals surface area contributed by atoms with Gasteiger partial charge in [0.25, 0.3) is 0 Å². The highest BCUT2D eigenvalue weighted by Gasteiger charge is 2.15. The first-order valence-corrected chi connectivity index (χ1v) is 10.2. The standard InChI is InChI=1S/C21H21ClN4OS/c1-3-12-26-20(17-8-10-18(22)11-9-17)24-25-21(26)28-14-19(27)23-13-16-6-4-15(2)5-7-16/h3-11H,1,12-14H2,2H3,(H,23,27). The van der Waals surface area contributed by atoms with E-state index in [4.69, 9.17) is 11.6 Å². The van der Waals surface area contributed by atoms with Gasteiger partial charge in [-0.1, -0.05) is 59.3 Å². The average molecular weight is 413 g/mol. The highest BCUT2D eigenvalue weighted by molar-refractivity contribution is 7.99. The van der Waals surface area contributed by atoms with E-state index >= 15 is 0 Å². The van der Waals surface area contributed by atoms with E-state index in [1.54, 1.807) is 6.08 Å². The summed E-state index contributed by atoms with van der Waals surface area (Å²) in [6.07, 6.45) is 1.78. The van der Waals surface area contributed by atoms with Crippen LogP contribution in [0.25, 0.3) is 11.4 Å². The van der Waals surface area contributed by atoms with Crippen LogP contribution < -0.4 is 5.32 Å². The van der Waals surface area contributed by atoms with E-state index in [-0.39, 0.29) is 11.7 Å². The Balaban J connectivity index is 1.63. The second-order valence-electron chi connectivity index (χ2n) is 6.26. The summed E-state index contributed by atoms with van der Waals surface area (Å²) in [5.74, 6) is 0.938. The predicted molar refractivity (Wildman–Crippen MR) is 114 cm³/mol. The molecule has 5 nitrogen and oxygen atoms in total. The van der Waals surface area contributed by atoms with Crippen molar-refractivity contribution in [1.29, 1.82) is 0 Å².